The molecule has 0 fully saturated rings. The minimum Gasteiger partial charge on any atom is -0.497 e. The van der Waals surface area contributed by atoms with Gasteiger partial charge in [-0.15, -0.1) is 10.2 Å². The quantitative estimate of drug-likeness (QED) is 0.679. The van der Waals surface area contributed by atoms with Crippen LogP contribution in [-0.4, -0.2) is 27.9 Å². The number of aryl methyl sites for hydroxylation is 1. The van der Waals surface area contributed by atoms with Crippen LogP contribution in [-0.2, 0) is 6.54 Å². The molecule has 1 aromatic heterocycles. The summed E-state index contributed by atoms with van der Waals surface area (Å²) in [4.78, 5) is 12.5. The fourth-order valence-corrected chi connectivity index (χ4v) is 3.63. The first-order valence-corrected chi connectivity index (χ1v) is 9.13. The van der Waals surface area contributed by atoms with Gasteiger partial charge in [0.25, 0.3) is 0 Å². The monoisotopic (exact) mass is 417 g/mol. The molecule has 4 rings (SSSR count). The van der Waals surface area contributed by atoms with Crippen LogP contribution in [0, 0.1) is 24.4 Å². The maximum atomic E-state index is 14.7. The number of anilines is 1. The SMILES string of the molecule is COc1cc(F)c([C@@H]2Cn3c(C)nnc3[C@H]2NC(=O)Nc2ccc(F)cc2)c(F)c1. The third-order valence-electron chi connectivity index (χ3n) is 5.07. The van der Waals surface area contributed by atoms with Crippen molar-refractivity contribution >= 4 is 11.7 Å². The van der Waals surface area contributed by atoms with Gasteiger partial charge in [0.15, 0.2) is 5.82 Å². The molecule has 0 saturated heterocycles. The lowest BCUT2D eigenvalue weighted by atomic mass is 9.92. The molecule has 0 radical (unpaired) electrons. The molecule has 1 aliphatic heterocycles. The van der Waals surface area contributed by atoms with E-state index >= 15 is 0 Å². The maximum absolute atomic E-state index is 14.7. The molecule has 0 bridgehead atoms. The Morgan fingerprint density at radius 1 is 1.13 bits per heavy atom. The van der Waals surface area contributed by atoms with Gasteiger partial charge in [-0.1, -0.05) is 0 Å². The number of methoxy groups -OCH3 is 1. The van der Waals surface area contributed by atoms with E-state index in [4.69, 9.17) is 4.74 Å². The van der Waals surface area contributed by atoms with Crippen molar-refractivity contribution in [2.24, 2.45) is 0 Å². The Labute approximate surface area is 169 Å². The summed E-state index contributed by atoms with van der Waals surface area (Å²) in [5, 5.41) is 13.3. The summed E-state index contributed by atoms with van der Waals surface area (Å²) in [5.41, 5.74) is 0.190. The van der Waals surface area contributed by atoms with Crippen molar-refractivity contribution in [3.8, 4) is 5.75 Å². The largest absolute Gasteiger partial charge is 0.497 e. The number of carbonyl (C=O) groups excluding carboxylic acids is 1. The smallest absolute Gasteiger partial charge is 0.319 e. The Hall–Kier alpha value is -3.56. The van der Waals surface area contributed by atoms with Crippen molar-refractivity contribution in [1.29, 1.82) is 0 Å². The fraction of sp³-hybridized carbons (Fsp3) is 0.250. The van der Waals surface area contributed by atoms with Gasteiger partial charge in [-0.3, -0.25) is 0 Å². The van der Waals surface area contributed by atoms with E-state index in [-0.39, 0.29) is 17.9 Å². The summed E-state index contributed by atoms with van der Waals surface area (Å²) in [6, 6.07) is 5.95. The van der Waals surface area contributed by atoms with Crippen molar-refractivity contribution < 1.29 is 22.7 Å². The summed E-state index contributed by atoms with van der Waals surface area (Å²) in [5.74, 6) is -1.74. The van der Waals surface area contributed by atoms with Gasteiger partial charge >= 0.3 is 6.03 Å². The molecular formula is C20H18F3N5O2. The summed E-state index contributed by atoms with van der Waals surface area (Å²) in [6.45, 7) is 1.91. The highest BCUT2D eigenvalue weighted by Gasteiger charge is 2.40. The predicted octanol–water partition coefficient (Wildman–Crippen LogP) is 3.67. The first kappa shape index (κ1) is 19.7. The van der Waals surface area contributed by atoms with E-state index in [1.165, 1.54) is 31.4 Å². The van der Waals surface area contributed by atoms with Crippen molar-refractivity contribution in [3.05, 3.63) is 71.1 Å². The molecule has 2 atom stereocenters. The molecule has 2 aromatic carbocycles. The van der Waals surface area contributed by atoms with E-state index in [0.717, 1.165) is 12.1 Å². The molecular weight excluding hydrogens is 399 g/mol. The Balaban J connectivity index is 1.64. The lowest BCUT2D eigenvalue weighted by Gasteiger charge is -2.22. The molecule has 0 unspecified atom stereocenters. The molecule has 156 valence electrons. The maximum Gasteiger partial charge on any atom is 0.319 e. The van der Waals surface area contributed by atoms with Crippen molar-refractivity contribution in [1.82, 2.24) is 20.1 Å². The van der Waals surface area contributed by atoms with Crippen LogP contribution in [0.1, 0.15) is 29.2 Å². The zero-order valence-corrected chi connectivity index (χ0v) is 16.1. The van der Waals surface area contributed by atoms with Crippen LogP contribution in [0.25, 0.3) is 0 Å². The fourth-order valence-electron chi connectivity index (χ4n) is 3.63. The highest BCUT2D eigenvalue weighted by Crippen LogP contribution is 2.41. The number of fused-ring (bicyclic) bond motifs is 1. The molecule has 2 amide bonds. The molecule has 0 aliphatic carbocycles. The summed E-state index contributed by atoms with van der Waals surface area (Å²) in [6.07, 6.45) is 0. The number of benzene rings is 2. The van der Waals surface area contributed by atoms with Crippen LogP contribution < -0.4 is 15.4 Å². The Bertz CT molecular complexity index is 1080. The van der Waals surface area contributed by atoms with Crippen LogP contribution in [0.5, 0.6) is 5.75 Å². The van der Waals surface area contributed by atoms with Crippen LogP contribution in [0.15, 0.2) is 36.4 Å². The number of hydrogen-bond acceptors (Lipinski definition) is 4. The van der Waals surface area contributed by atoms with Gasteiger partial charge in [0, 0.05) is 35.8 Å². The van der Waals surface area contributed by atoms with Gasteiger partial charge in [-0.2, -0.15) is 0 Å². The zero-order valence-electron chi connectivity index (χ0n) is 16.1. The van der Waals surface area contributed by atoms with Gasteiger partial charge in [0.05, 0.1) is 13.2 Å². The number of hydrogen-bond donors (Lipinski definition) is 2. The van der Waals surface area contributed by atoms with Crippen molar-refractivity contribution in [2.75, 3.05) is 12.4 Å². The first-order chi connectivity index (χ1) is 14.4. The number of urea groups is 1. The summed E-state index contributed by atoms with van der Waals surface area (Å²) >= 11 is 0. The van der Waals surface area contributed by atoms with E-state index in [0.29, 0.717) is 17.3 Å². The first-order valence-electron chi connectivity index (χ1n) is 9.13. The van der Waals surface area contributed by atoms with E-state index in [2.05, 4.69) is 20.8 Å². The predicted molar refractivity (Wildman–Crippen MR) is 102 cm³/mol. The lowest BCUT2D eigenvalue weighted by Crippen LogP contribution is -2.35. The van der Waals surface area contributed by atoms with Gasteiger partial charge in [-0.25, -0.2) is 18.0 Å². The van der Waals surface area contributed by atoms with Crippen molar-refractivity contribution in [3.63, 3.8) is 0 Å². The number of carbonyl (C=O) groups is 1. The third-order valence-corrected chi connectivity index (χ3v) is 5.07. The van der Waals surface area contributed by atoms with Gasteiger partial charge < -0.3 is 19.9 Å². The lowest BCUT2D eigenvalue weighted by molar-refractivity contribution is 0.246. The summed E-state index contributed by atoms with van der Waals surface area (Å²) < 4.78 is 49.2. The second kappa shape index (κ2) is 7.69. The van der Waals surface area contributed by atoms with Crippen LogP contribution in [0.3, 0.4) is 0 Å². The Morgan fingerprint density at radius 2 is 1.80 bits per heavy atom. The molecule has 2 N–H and O–H groups in total. The molecule has 0 spiro atoms. The Morgan fingerprint density at radius 3 is 2.43 bits per heavy atom. The standard InChI is InChI=1S/C20H18F3N5O2/c1-10-26-27-19-18(25-20(29)24-12-5-3-11(21)4-6-12)14(9-28(10)19)17-15(22)7-13(30-2)8-16(17)23/h3-8,14,18H,9H2,1-2H3,(H2,24,25,29)/t14-,18-/m0/s1. The van der Waals surface area contributed by atoms with Gasteiger partial charge in [0.1, 0.15) is 29.0 Å². The zero-order chi connectivity index (χ0) is 21.4. The number of nitrogens with zero attached hydrogens (tertiary/aromatic N) is 3. The molecule has 7 nitrogen and oxygen atoms in total. The van der Waals surface area contributed by atoms with Gasteiger partial charge in [0.2, 0.25) is 0 Å². The highest BCUT2D eigenvalue weighted by molar-refractivity contribution is 5.89. The Kier molecular flexibility index (Phi) is 5.06. The third kappa shape index (κ3) is 3.56. The number of ether oxygens (including phenoxy) is 1. The van der Waals surface area contributed by atoms with E-state index < -0.39 is 35.4 Å². The second-order valence-electron chi connectivity index (χ2n) is 6.91. The molecule has 30 heavy (non-hydrogen) atoms. The van der Waals surface area contributed by atoms with Gasteiger partial charge in [-0.05, 0) is 31.2 Å². The number of rotatable bonds is 4. The minimum absolute atomic E-state index is 0.0564. The topological polar surface area (TPSA) is 81.1 Å². The van der Waals surface area contributed by atoms with E-state index in [1.807, 2.05) is 0 Å². The molecule has 10 heteroatoms. The van der Waals surface area contributed by atoms with Crippen LogP contribution in [0.2, 0.25) is 0 Å². The average molecular weight is 417 g/mol. The van der Waals surface area contributed by atoms with Crippen LogP contribution >= 0.6 is 0 Å². The highest BCUT2D eigenvalue weighted by atomic mass is 19.1. The summed E-state index contributed by atoms with van der Waals surface area (Å²) in [7, 11) is 1.32. The molecule has 3 aromatic rings. The average Bonchev–Trinajstić information content (AvgIpc) is 3.23. The molecule has 0 saturated carbocycles. The van der Waals surface area contributed by atoms with E-state index in [9.17, 15) is 18.0 Å². The second-order valence-corrected chi connectivity index (χ2v) is 6.91. The van der Waals surface area contributed by atoms with Crippen LogP contribution in [0.4, 0.5) is 23.7 Å². The molecule has 2 heterocycles. The van der Waals surface area contributed by atoms with Crippen molar-refractivity contribution in [2.45, 2.75) is 25.4 Å². The normalized spacial score (nSPS) is 17.5. The number of amides is 2. The minimum atomic E-state index is -0.830. The number of nitrogens with one attached hydrogen (secondary N) is 2. The molecule has 1 aliphatic rings. The van der Waals surface area contributed by atoms with E-state index in [1.54, 1.807) is 11.5 Å². The number of aromatic nitrogens is 3. The number of halogens is 3.